The Bertz CT molecular complexity index is 1960. The van der Waals surface area contributed by atoms with Crippen molar-refractivity contribution in [3.05, 3.63) is 123 Å². The Morgan fingerprint density at radius 2 is 1.61 bits per heavy atom. The Kier molecular flexibility index (Phi) is 9.41. The smallest absolute Gasteiger partial charge is 0.238 e. The monoisotopic (exact) mass is 650 g/mol. The summed E-state index contributed by atoms with van der Waals surface area (Å²) in [5.74, 6) is -1.07. The normalized spacial score (nSPS) is 11.5. The minimum absolute atomic E-state index is 0.0369. The van der Waals surface area contributed by atoms with Gasteiger partial charge in [0.25, 0.3) is 0 Å². The number of hydrogen-bond donors (Lipinski definition) is 1. The highest BCUT2D eigenvalue weighted by Gasteiger charge is 2.24. The Balaban J connectivity index is 1.33. The van der Waals surface area contributed by atoms with Gasteiger partial charge in [-0.1, -0.05) is 77.8 Å². The molecule has 0 radical (unpaired) electrons. The summed E-state index contributed by atoms with van der Waals surface area (Å²) in [5.41, 5.74) is 10.1. The molecule has 0 saturated heterocycles. The van der Waals surface area contributed by atoms with E-state index in [1.807, 2.05) is 42.5 Å². The Morgan fingerprint density at radius 1 is 0.886 bits per heavy atom. The van der Waals surface area contributed by atoms with Gasteiger partial charge < -0.3 is 14.9 Å². The van der Waals surface area contributed by atoms with Gasteiger partial charge in [-0.25, -0.2) is 12.7 Å². The fourth-order valence-electron chi connectivity index (χ4n) is 4.71. The molecule has 2 N–H and O–H groups in total. The van der Waals surface area contributed by atoms with E-state index in [2.05, 4.69) is 0 Å². The van der Waals surface area contributed by atoms with Crippen molar-refractivity contribution in [2.75, 3.05) is 18.6 Å². The number of amides is 1. The van der Waals surface area contributed by atoms with Crippen LogP contribution in [0.25, 0.3) is 22.1 Å². The van der Waals surface area contributed by atoms with Gasteiger partial charge in [0.15, 0.2) is 5.76 Å². The molecule has 0 unspecified atom stereocenters. The van der Waals surface area contributed by atoms with E-state index in [1.54, 1.807) is 36.4 Å². The first kappa shape index (κ1) is 31.3. The molecule has 1 aromatic heterocycles. The standard InChI is InChI=1S/C33H28Cl2N2O6S/c1-44(40,41)37(30(38)14-15-42-20-21-6-3-2-4-7-21)19-22-8-5-9-23(16-22)24-10-12-27-29(17-24)43-33(31(27)36)32(39)26-13-11-25(34)18-28(26)35/h2-13,16-18H,14-15,19-20,36H2,1H3. The predicted octanol–water partition coefficient (Wildman–Crippen LogP) is 7.11. The number of nitrogen functional groups attached to an aromatic ring is 1. The summed E-state index contributed by atoms with van der Waals surface area (Å²) in [4.78, 5) is 26.1. The molecule has 1 amide bonds. The molecule has 1 heterocycles. The number of nitrogens with zero attached hydrogens (tertiary/aromatic N) is 1. The molecule has 8 nitrogen and oxygen atoms in total. The maximum absolute atomic E-state index is 13.2. The zero-order chi connectivity index (χ0) is 31.4. The maximum atomic E-state index is 13.2. The third kappa shape index (κ3) is 7.14. The van der Waals surface area contributed by atoms with E-state index in [0.717, 1.165) is 27.3 Å². The summed E-state index contributed by atoms with van der Waals surface area (Å²) in [6, 6.07) is 26.5. The van der Waals surface area contributed by atoms with Gasteiger partial charge in [0.2, 0.25) is 21.7 Å². The van der Waals surface area contributed by atoms with Crippen molar-refractivity contribution in [3.8, 4) is 11.1 Å². The molecule has 0 spiro atoms. The number of anilines is 1. The van der Waals surface area contributed by atoms with Crippen LogP contribution in [0.4, 0.5) is 5.69 Å². The van der Waals surface area contributed by atoms with Gasteiger partial charge in [0, 0.05) is 16.0 Å². The molecule has 4 aromatic carbocycles. The highest BCUT2D eigenvalue weighted by Crippen LogP contribution is 2.35. The second-order valence-corrected chi connectivity index (χ2v) is 12.9. The predicted molar refractivity (Wildman–Crippen MR) is 172 cm³/mol. The number of ketones is 1. The molecule has 5 rings (SSSR count). The number of fused-ring (bicyclic) bond motifs is 1. The maximum Gasteiger partial charge on any atom is 0.238 e. The zero-order valence-electron chi connectivity index (χ0n) is 23.6. The van der Waals surface area contributed by atoms with Crippen LogP contribution in [-0.2, 0) is 32.7 Å². The van der Waals surface area contributed by atoms with Gasteiger partial charge in [-0.15, -0.1) is 0 Å². The summed E-state index contributed by atoms with van der Waals surface area (Å²) in [5, 5.41) is 1.13. The molecule has 0 aliphatic rings. The van der Waals surface area contributed by atoms with E-state index in [-0.39, 0.29) is 41.6 Å². The van der Waals surface area contributed by atoms with E-state index in [0.29, 0.717) is 28.2 Å². The van der Waals surface area contributed by atoms with Crippen LogP contribution in [0.15, 0.2) is 95.4 Å². The van der Waals surface area contributed by atoms with E-state index < -0.39 is 21.7 Å². The van der Waals surface area contributed by atoms with Gasteiger partial charge in [0.1, 0.15) is 5.58 Å². The number of benzene rings is 4. The van der Waals surface area contributed by atoms with Crippen molar-refractivity contribution in [1.29, 1.82) is 0 Å². The van der Waals surface area contributed by atoms with Gasteiger partial charge in [0.05, 0.1) is 43.1 Å². The second-order valence-electron chi connectivity index (χ2n) is 10.2. The molecule has 0 aliphatic heterocycles. The van der Waals surface area contributed by atoms with Crippen LogP contribution < -0.4 is 5.73 Å². The van der Waals surface area contributed by atoms with Crippen molar-refractivity contribution in [1.82, 2.24) is 4.31 Å². The molecule has 0 atom stereocenters. The van der Waals surface area contributed by atoms with E-state index in [4.69, 9.17) is 38.1 Å². The third-order valence-corrected chi connectivity index (χ3v) is 8.63. The first-order chi connectivity index (χ1) is 21.0. The zero-order valence-corrected chi connectivity index (χ0v) is 26.0. The summed E-state index contributed by atoms with van der Waals surface area (Å²) in [7, 11) is -3.85. The van der Waals surface area contributed by atoms with Gasteiger partial charge in [-0.3, -0.25) is 9.59 Å². The highest BCUT2D eigenvalue weighted by molar-refractivity contribution is 7.88. The first-order valence-corrected chi connectivity index (χ1v) is 16.1. The van der Waals surface area contributed by atoms with E-state index >= 15 is 0 Å². The highest BCUT2D eigenvalue weighted by atomic mass is 35.5. The van der Waals surface area contributed by atoms with Crippen molar-refractivity contribution >= 4 is 61.6 Å². The molecule has 0 aliphatic carbocycles. The Hall–Kier alpha value is -4.15. The lowest BCUT2D eigenvalue weighted by Gasteiger charge is -2.21. The minimum atomic E-state index is -3.85. The van der Waals surface area contributed by atoms with Gasteiger partial charge in [-0.05, 0) is 58.7 Å². The van der Waals surface area contributed by atoms with Crippen LogP contribution in [0.5, 0.6) is 0 Å². The lowest BCUT2D eigenvalue weighted by Crippen LogP contribution is -2.36. The van der Waals surface area contributed by atoms with Gasteiger partial charge in [-0.2, -0.15) is 0 Å². The van der Waals surface area contributed by atoms with Crippen molar-refractivity contribution in [2.24, 2.45) is 0 Å². The number of carbonyl (C=O) groups excluding carboxylic acids is 2. The lowest BCUT2D eigenvalue weighted by atomic mass is 10.0. The summed E-state index contributed by atoms with van der Waals surface area (Å²) < 4.78 is 37.5. The molecule has 0 fully saturated rings. The average molecular weight is 652 g/mol. The van der Waals surface area contributed by atoms with Crippen LogP contribution in [0, 0.1) is 0 Å². The topological polar surface area (TPSA) is 120 Å². The SMILES string of the molecule is CS(=O)(=O)N(Cc1cccc(-c2ccc3c(N)c(C(=O)c4ccc(Cl)cc4Cl)oc3c2)c1)C(=O)CCOCc1ccccc1. The number of halogens is 2. The molecule has 44 heavy (non-hydrogen) atoms. The Labute approximate surface area is 265 Å². The van der Waals surface area contributed by atoms with Crippen LogP contribution >= 0.6 is 23.2 Å². The number of carbonyl (C=O) groups is 2. The minimum Gasteiger partial charge on any atom is -0.450 e. The third-order valence-electron chi connectivity index (χ3n) is 6.95. The first-order valence-electron chi connectivity index (χ1n) is 13.5. The van der Waals surface area contributed by atoms with Crippen molar-refractivity contribution in [2.45, 2.75) is 19.6 Å². The largest absolute Gasteiger partial charge is 0.450 e. The fourth-order valence-corrected chi connectivity index (χ4v) is 6.05. The number of rotatable bonds is 11. The van der Waals surface area contributed by atoms with Crippen LogP contribution in [0.2, 0.25) is 10.0 Å². The number of hydrogen-bond acceptors (Lipinski definition) is 7. The average Bonchev–Trinajstić information content (AvgIpc) is 3.33. The number of ether oxygens (including phenoxy) is 1. The second kappa shape index (κ2) is 13.2. The number of nitrogens with two attached hydrogens (primary N) is 1. The van der Waals surface area contributed by atoms with Crippen LogP contribution in [-0.4, -0.2) is 37.3 Å². The van der Waals surface area contributed by atoms with Crippen molar-refractivity contribution in [3.63, 3.8) is 0 Å². The van der Waals surface area contributed by atoms with E-state index in [1.165, 1.54) is 12.1 Å². The van der Waals surface area contributed by atoms with Crippen molar-refractivity contribution < 1.29 is 27.2 Å². The lowest BCUT2D eigenvalue weighted by molar-refractivity contribution is -0.128. The number of furan rings is 1. The molecule has 0 saturated carbocycles. The fraction of sp³-hybridized carbons (Fsp3) is 0.152. The van der Waals surface area contributed by atoms with Crippen LogP contribution in [0.3, 0.4) is 0 Å². The molecule has 5 aromatic rings. The molecule has 11 heteroatoms. The summed E-state index contributed by atoms with van der Waals surface area (Å²) in [6.07, 6.45) is 0.920. The van der Waals surface area contributed by atoms with Gasteiger partial charge >= 0.3 is 0 Å². The Morgan fingerprint density at radius 3 is 2.34 bits per heavy atom. The van der Waals surface area contributed by atoms with E-state index in [9.17, 15) is 18.0 Å². The summed E-state index contributed by atoms with van der Waals surface area (Å²) in [6.45, 7) is 0.270. The molecular weight excluding hydrogens is 623 g/mol. The molecular formula is C33H28Cl2N2O6S. The van der Waals surface area contributed by atoms with Crippen LogP contribution in [0.1, 0.15) is 33.7 Å². The summed E-state index contributed by atoms with van der Waals surface area (Å²) >= 11 is 12.2. The molecule has 0 bridgehead atoms. The molecule has 226 valence electrons. The number of sulfonamides is 1. The quantitative estimate of drug-likeness (QED) is 0.119.